The third-order valence-electron chi connectivity index (χ3n) is 3.74. The molecule has 2 rings (SSSR count). The molecule has 4 N–H and O–H groups in total. The maximum absolute atomic E-state index is 12.1. The molecule has 0 unspecified atom stereocenters. The Kier molecular flexibility index (Phi) is 4.11. The van der Waals surface area contributed by atoms with Gasteiger partial charge in [0.25, 0.3) is 10.0 Å². The van der Waals surface area contributed by atoms with Crippen molar-refractivity contribution in [3.63, 3.8) is 0 Å². The van der Waals surface area contributed by atoms with E-state index in [0.717, 1.165) is 31.9 Å². The average Bonchev–Trinajstić information content (AvgIpc) is 3.06. The first-order valence-corrected chi connectivity index (χ1v) is 7.76. The predicted molar refractivity (Wildman–Crippen MR) is 68.7 cm³/mol. The van der Waals surface area contributed by atoms with Crippen molar-refractivity contribution in [1.82, 2.24) is 14.9 Å². The van der Waals surface area contributed by atoms with Crippen LogP contribution < -0.4 is 4.72 Å². The molecule has 9 heteroatoms. The van der Waals surface area contributed by atoms with Gasteiger partial charge in [-0.05, 0) is 12.8 Å². The van der Waals surface area contributed by atoms with Gasteiger partial charge in [0.1, 0.15) is 5.56 Å². The normalized spacial score (nSPS) is 18.2. The molecule has 112 valence electrons. The number of nitrogens with zero attached hydrogens (tertiary/aromatic N) is 1. The number of carboxylic acids is 1. The molecule has 0 bridgehead atoms. The van der Waals surface area contributed by atoms with Crippen LogP contribution >= 0.6 is 0 Å². The number of aliphatic hydroxyl groups is 1. The van der Waals surface area contributed by atoms with Crippen LogP contribution in [0.3, 0.4) is 0 Å². The van der Waals surface area contributed by atoms with Crippen LogP contribution in [0, 0.1) is 5.41 Å². The van der Waals surface area contributed by atoms with Crippen molar-refractivity contribution >= 4 is 16.0 Å². The number of hydrogen-bond acceptors (Lipinski definition) is 5. The second-order valence-electron chi connectivity index (χ2n) is 5.11. The summed E-state index contributed by atoms with van der Waals surface area (Å²) in [6.07, 6.45) is 4.36. The molecule has 0 atom stereocenters. The molecule has 8 nitrogen and oxygen atoms in total. The summed E-state index contributed by atoms with van der Waals surface area (Å²) in [7, 11) is -3.99. The number of aromatic carboxylic acids is 1. The molecule has 0 aromatic carbocycles. The standard InChI is InChI=1S/C11H17N3O5S/c15-7-11(3-1-2-4-11)6-13-20(18,19)9-8(10(16)17)5-12-14-9/h5,13,15H,1-4,6-7H2,(H,12,14)(H,16,17). The third kappa shape index (κ3) is 2.84. The molecule has 0 spiro atoms. The summed E-state index contributed by atoms with van der Waals surface area (Å²) in [5.74, 6) is -1.36. The molecule has 1 aliphatic carbocycles. The highest BCUT2D eigenvalue weighted by Crippen LogP contribution is 2.37. The summed E-state index contributed by atoms with van der Waals surface area (Å²) in [5.41, 5.74) is -0.849. The Morgan fingerprint density at radius 3 is 2.65 bits per heavy atom. The maximum Gasteiger partial charge on any atom is 0.340 e. The van der Waals surface area contributed by atoms with E-state index in [2.05, 4.69) is 14.9 Å². The number of sulfonamides is 1. The lowest BCUT2D eigenvalue weighted by atomic mass is 9.88. The molecule has 1 heterocycles. The van der Waals surface area contributed by atoms with Crippen LogP contribution in [0.5, 0.6) is 0 Å². The Bertz CT molecular complexity index is 589. The molecule has 1 aromatic rings. The fourth-order valence-corrected chi connectivity index (χ4v) is 3.71. The van der Waals surface area contributed by atoms with Crippen molar-refractivity contribution in [2.45, 2.75) is 30.7 Å². The summed E-state index contributed by atoms with van der Waals surface area (Å²) < 4.78 is 26.6. The summed E-state index contributed by atoms with van der Waals surface area (Å²) >= 11 is 0. The first kappa shape index (κ1) is 14.9. The predicted octanol–water partition coefficient (Wildman–Crippen LogP) is -0.0611. The Labute approximate surface area is 116 Å². The zero-order chi connectivity index (χ0) is 14.8. The molecule has 0 aliphatic heterocycles. The lowest BCUT2D eigenvalue weighted by molar-refractivity contribution is 0.0692. The van der Waals surface area contributed by atoms with Gasteiger partial charge in [-0.2, -0.15) is 5.10 Å². The molecule has 0 radical (unpaired) electrons. The van der Waals surface area contributed by atoms with E-state index in [1.165, 1.54) is 0 Å². The highest BCUT2D eigenvalue weighted by molar-refractivity contribution is 7.89. The third-order valence-corrected chi connectivity index (χ3v) is 5.11. The van der Waals surface area contributed by atoms with Gasteiger partial charge in [-0.15, -0.1) is 0 Å². The Hall–Kier alpha value is -1.45. The SMILES string of the molecule is O=C(O)c1cn[nH]c1S(=O)(=O)NCC1(CO)CCCC1. The van der Waals surface area contributed by atoms with Gasteiger partial charge in [-0.3, -0.25) is 5.10 Å². The van der Waals surface area contributed by atoms with E-state index in [9.17, 15) is 18.3 Å². The smallest absolute Gasteiger partial charge is 0.340 e. The highest BCUT2D eigenvalue weighted by Gasteiger charge is 2.35. The minimum Gasteiger partial charge on any atom is -0.478 e. The Morgan fingerprint density at radius 2 is 2.10 bits per heavy atom. The maximum atomic E-state index is 12.1. The van der Waals surface area contributed by atoms with E-state index in [4.69, 9.17) is 5.11 Å². The van der Waals surface area contributed by atoms with Crippen LogP contribution in [-0.2, 0) is 10.0 Å². The zero-order valence-electron chi connectivity index (χ0n) is 10.8. The van der Waals surface area contributed by atoms with Gasteiger partial charge < -0.3 is 10.2 Å². The monoisotopic (exact) mass is 303 g/mol. The van der Waals surface area contributed by atoms with E-state index in [0.29, 0.717) is 0 Å². The van der Waals surface area contributed by atoms with Crippen molar-refractivity contribution in [3.05, 3.63) is 11.8 Å². The van der Waals surface area contributed by atoms with Gasteiger partial charge in [-0.1, -0.05) is 12.8 Å². The van der Waals surface area contributed by atoms with Gasteiger partial charge in [0.05, 0.1) is 6.20 Å². The molecule has 1 aliphatic rings. The van der Waals surface area contributed by atoms with E-state index in [-0.39, 0.29) is 13.2 Å². The van der Waals surface area contributed by atoms with Crippen LogP contribution in [0.25, 0.3) is 0 Å². The van der Waals surface area contributed by atoms with E-state index >= 15 is 0 Å². The number of carboxylic acid groups (broad SMARTS) is 1. The number of aromatic nitrogens is 2. The lowest BCUT2D eigenvalue weighted by Crippen LogP contribution is -2.38. The summed E-state index contributed by atoms with van der Waals surface area (Å²) in [6, 6.07) is 0. The van der Waals surface area contributed by atoms with Crippen molar-refractivity contribution in [2.75, 3.05) is 13.2 Å². The molecule has 0 amide bonds. The summed E-state index contributed by atoms with van der Waals surface area (Å²) in [6.45, 7) is -0.00576. The van der Waals surface area contributed by atoms with Gasteiger partial charge in [0.2, 0.25) is 0 Å². The Balaban J connectivity index is 2.15. The van der Waals surface area contributed by atoms with Crippen LogP contribution in [0.4, 0.5) is 0 Å². The average molecular weight is 303 g/mol. The second-order valence-corrected chi connectivity index (χ2v) is 6.81. The molecule has 1 aromatic heterocycles. The minimum atomic E-state index is -3.99. The fourth-order valence-electron chi connectivity index (χ4n) is 2.47. The first-order chi connectivity index (χ1) is 9.40. The topological polar surface area (TPSA) is 132 Å². The lowest BCUT2D eigenvalue weighted by Gasteiger charge is -2.26. The zero-order valence-corrected chi connectivity index (χ0v) is 11.6. The second kappa shape index (κ2) is 5.51. The van der Waals surface area contributed by atoms with Gasteiger partial charge in [0.15, 0.2) is 5.03 Å². The van der Waals surface area contributed by atoms with Crippen molar-refractivity contribution in [2.24, 2.45) is 5.41 Å². The van der Waals surface area contributed by atoms with Crippen LogP contribution in [-0.4, -0.2) is 47.9 Å². The number of rotatable bonds is 6. The van der Waals surface area contributed by atoms with E-state index in [1.807, 2.05) is 0 Å². The Morgan fingerprint density at radius 1 is 1.45 bits per heavy atom. The van der Waals surface area contributed by atoms with Gasteiger partial charge in [-0.25, -0.2) is 17.9 Å². The largest absolute Gasteiger partial charge is 0.478 e. The van der Waals surface area contributed by atoms with Gasteiger partial charge in [0, 0.05) is 18.6 Å². The van der Waals surface area contributed by atoms with Crippen molar-refractivity contribution in [3.8, 4) is 0 Å². The van der Waals surface area contributed by atoms with E-state index in [1.54, 1.807) is 0 Å². The number of nitrogens with one attached hydrogen (secondary N) is 2. The summed E-state index contributed by atoms with van der Waals surface area (Å²) in [5, 5.41) is 23.5. The molecule has 20 heavy (non-hydrogen) atoms. The fraction of sp³-hybridized carbons (Fsp3) is 0.636. The molecule has 1 saturated carbocycles. The van der Waals surface area contributed by atoms with E-state index < -0.39 is 32.0 Å². The number of carbonyl (C=O) groups is 1. The quantitative estimate of drug-likeness (QED) is 0.582. The van der Waals surface area contributed by atoms with Gasteiger partial charge >= 0.3 is 5.97 Å². The van der Waals surface area contributed by atoms with Crippen molar-refractivity contribution < 1.29 is 23.4 Å². The number of H-pyrrole nitrogens is 1. The molecular formula is C11H17N3O5S. The molecule has 0 saturated heterocycles. The minimum absolute atomic E-state index is 0.0872. The first-order valence-electron chi connectivity index (χ1n) is 6.27. The molecular weight excluding hydrogens is 286 g/mol. The number of hydrogen-bond donors (Lipinski definition) is 4. The number of aromatic amines is 1. The molecule has 1 fully saturated rings. The van der Waals surface area contributed by atoms with Crippen LogP contribution in [0.2, 0.25) is 0 Å². The van der Waals surface area contributed by atoms with Crippen LogP contribution in [0.1, 0.15) is 36.0 Å². The number of aliphatic hydroxyl groups excluding tert-OH is 1. The van der Waals surface area contributed by atoms with Crippen LogP contribution in [0.15, 0.2) is 11.2 Å². The highest BCUT2D eigenvalue weighted by atomic mass is 32.2. The van der Waals surface area contributed by atoms with Crippen molar-refractivity contribution in [1.29, 1.82) is 0 Å². The summed E-state index contributed by atoms with van der Waals surface area (Å²) in [4.78, 5) is 10.9.